The van der Waals surface area contributed by atoms with Crippen LogP contribution in [0.3, 0.4) is 0 Å². The highest BCUT2D eigenvalue weighted by molar-refractivity contribution is 6.09. The normalized spacial score (nSPS) is 14.7. The van der Waals surface area contributed by atoms with Gasteiger partial charge < -0.3 is 18.9 Å². The maximum absolute atomic E-state index is 12.6. The van der Waals surface area contributed by atoms with Gasteiger partial charge in [0.15, 0.2) is 0 Å². The van der Waals surface area contributed by atoms with E-state index in [4.69, 9.17) is 13.9 Å². The Bertz CT molecular complexity index is 1250. The van der Waals surface area contributed by atoms with E-state index in [9.17, 15) is 4.79 Å². The molecule has 26 heavy (non-hydrogen) atoms. The molecule has 0 amide bonds. The Kier molecular flexibility index (Phi) is 2.82. The number of benzene rings is 1. The van der Waals surface area contributed by atoms with E-state index < -0.39 is 11.2 Å². The molecule has 0 atom stereocenters. The molecule has 4 aromatic rings. The molecule has 3 aromatic heterocycles. The summed E-state index contributed by atoms with van der Waals surface area (Å²) in [5, 5.41) is 1.66. The summed E-state index contributed by atoms with van der Waals surface area (Å²) >= 11 is 0. The molecule has 0 fully saturated rings. The van der Waals surface area contributed by atoms with Crippen LogP contribution < -0.4 is 15.1 Å². The molecule has 5 rings (SSSR count). The highest BCUT2D eigenvalue weighted by atomic mass is 16.5. The van der Waals surface area contributed by atoms with Gasteiger partial charge in [-0.2, -0.15) is 0 Å². The quantitative estimate of drug-likeness (QED) is 0.527. The van der Waals surface area contributed by atoms with Gasteiger partial charge in [-0.15, -0.1) is 0 Å². The lowest BCUT2D eigenvalue weighted by Crippen LogP contribution is -2.29. The Labute approximate surface area is 148 Å². The molecule has 1 aromatic carbocycles. The van der Waals surface area contributed by atoms with Crippen molar-refractivity contribution in [2.24, 2.45) is 0 Å². The number of pyridine rings is 1. The molecule has 1 aliphatic rings. The molecule has 0 spiro atoms. The average molecular weight is 348 g/mol. The molecule has 1 N–H and O–H groups in total. The molecule has 0 saturated heterocycles. The number of hydrogen-bond acceptors (Lipinski definition) is 5. The third kappa shape index (κ3) is 1.87. The molecule has 0 unspecified atom stereocenters. The number of fused-ring (bicyclic) bond motifs is 7. The minimum atomic E-state index is -0.635. The second kappa shape index (κ2) is 4.88. The van der Waals surface area contributed by atoms with E-state index in [0.717, 1.165) is 27.6 Å². The van der Waals surface area contributed by atoms with E-state index in [2.05, 4.69) is 9.97 Å². The largest absolute Gasteiger partial charge is 0.497 e. The van der Waals surface area contributed by atoms with Gasteiger partial charge in [0.25, 0.3) is 0 Å². The molecular formula is C20H16N2O4. The fourth-order valence-corrected chi connectivity index (χ4v) is 3.79. The van der Waals surface area contributed by atoms with Crippen molar-refractivity contribution in [3.8, 4) is 22.8 Å². The van der Waals surface area contributed by atoms with Crippen LogP contribution in [0.5, 0.6) is 11.5 Å². The van der Waals surface area contributed by atoms with Crippen LogP contribution >= 0.6 is 0 Å². The first-order valence-corrected chi connectivity index (χ1v) is 8.30. The van der Waals surface area contributed by atoms with Gasteiger partial charge >= 0.3 is 5.63 Å². The second-order valence-electron chi connectivity index (χ2n) is 6.86. The van der Waals surface area contributed by atoms with Crippen LogP contribution in [0.4, 0.5) is 0 Å². The Morgan fingerprint density at radius 3 is 2.88 bits per heavy atom. The molecule has 0 aliphatic carbocycles. The SMILES string of the molecule is COc1ccc2c(c1)oc(=O)c1[nH]c3c(c12)C(C)(C)Oc1cnccc1-3. The number of ether oxygens (including phenoxy) is 2. The van der Waals surface area contributed by atoms with E-state index in [0.29, 0.717) is 22.6 Å². The van der Waals surface area contributed by atoms with E-state index >= 15 is 0 Å². The molecule has 4 heterocycles. The van der Waals surface area contributed by atoms with Crippen LogP contribution in [-0.4, -0.2) is 17.1 Å². The summed E-state index contributed by atoms with van der Waals surface area (Å²) in [4.78, 5) is 20.1. The monoisotopic (exact) mass is 348 g/mol. The lowest BCUT2D eigenvalue weighted by molar-refractivity contribution is 0.107. The minimum Gasteiger partial charge on any atom is -0.497 e. The van der Waals surface area contributed by atoms with Gasteiger partial charge in [0.2, 0.25) is 0 Å². The molecule has 6 heteroatoms. The average Bonchev–Trinajstić information content (AvgIpc) is 3.04. The Morgan fingerprint density at radius 1 is 1.23 bits per heavy atom. The fraction of sp³-hybridized carbons (Fsp3) is 0.200. The maximum atomic E-state index is 12.6. The minimum absolute atomic E-state index is 0.415. The standard InChI is InChI=1S/C20H16N2O4/c1-20(2)16-15-11-5-4-10(24-3)8-13(11)25-19(23)18(15)22-17(16)12-6-7-21-9-14(12)26-20/h4-9,22H,1-3H3. The van der Waals surface area contributed by atoms with Crippen molar-refractivity contribution in [2.45, 2.75) is 19.4 Å². The van der Waals surface area contributed by atoms with E-state index in [-0.39, 0.29) is 0 Å². The van der Waals surface area contributed by atoms with Crippen LogP contribution in [0.2, 0.25) is 0 Å². The first-order valence-electron chi connectivity index (χ1n) is 8.30. The smallest absolute Gasteiger partial charge is 0.360 e. The number of aromatic amines is 1. The number of H-pyrrole nitrogens is 1. The second-order valence-corrected chi connectivity index (χ2v) is 6.86. The zero-order valence-electron chi connectivity index (χ0n) is 14.5. The van der Waals surface area contributed by atoms with Crippen molar-refractivity contribution in [3.05, 3.63) is 52.6 Å². The highest BCUT2D eigenvalue weighted by Gasteiger charge is 2.37. The Hall–Kier alpha value is -3.28. The highest BCUT2D eigenvalue weighted by Crippen LogP contribution is 2.48. The van der Waals surface area contributed by atoms with E-state index in [1.165, 1.54) is 0 Å². The zero-order valence-corrected chi connectivity index (χ0v) is 14.5. The molecule has 1 aliphatic heterocycles. The van der Waals surface area contributed by atoms with Gasteiger partial charge in [-0.25, -0.2) is 4.79 Å². The van der Waals surface area contributed by atoms with Gasteiger partial charge in [-0.1, -0.05) is 0 Å². The lowest BCUT2D eigenvalue weighted by Gasteiger charge is -2.33. The van der Waals surface area contributed by atoms with Crippen molar-refractivity contribution >= 4 is 21.9 Å². The first-order chi connectivity index (χ1) is 12.5. The van der Waals surface area contributed by atoms with Crippen molar-refractivity contribution in [2.75, 3.05) is 7.11 Å². The van der Waals surface area contributed by atoms with Gasteiger partial charge in [0, 0.05) is 34.2 Å². The number of nitrogens with zero attached hydrogens (tertiary/aromatic N) is 1. The number of hydrogen-bond donors (Lipinski definition) is 1. The van der Waals surface area contributed by atoms with Crippen molar-refractivity contribution < 1.29 is 13.9 Å². The first kappa shape index (κ1) is 15.0. The number of aromatic nitrogens is 2. The number of methoxy groups -OCH3 is 1. The third-order valence-electron chi connectivity index (χ3n) is 4.89. The topological polar surface area (TPSA) is 77.3 Å². The Morgan fingerprint density at radius 2 is 2.08 bits per heavy atom. The summed E-state index contributed by atoms with van der Waals surface area (Å²) in [5.74, 6) is 1.32. The predicted octanol–water partition coefficient (Wildman–Crippen LogP) is 3.97. The lowest BCUT2D eigenvalue weighted by atomic mass is 9.88. The summed E-state index contributed by atoms with van der Waals surface area (Å²) in [6.45, 7) is 3.97. The summed E-state index contributed by atoms with van der Waals surface area (Å²) in [6, 6.07) is 7.37. The van der Waals surface area contributed by atoms with E-state index in [1.807, 2.05) is 32.0 Å². The van der Waals surface area contributed by atoms with Crippen LogP contribution in [-0.2, 0) is 5.60 Å². The fourth-order valence-electron chi connectivity index (χ4n) is 3.79. The predicted molar refractivity (Wildman–Crippen MR) is 97.8 cm³/mol. The van der Waals surface area contributed by atoms with Crippen molar-refractivity contribution in [1.29, 1.82) is 0 Å². The molecule has 0 saturated carbocycles. The molecule has 130 valence electrons. The summed E-state index contributed by atoms with van der Waals surface area (Å²) in [5.41, 5.74) is 2.56. The van der Waals surface area contributed by atoms with Crippen molar-refractivity contribution in [3.63, 3.8) is 0 Å². The van der Waals surface area contributed by atoms with Gasteiger partial charge in [0.1, 0.15) is 28.2 Å². The van der Waals surface area contributed by atoms with Crippen molar-refractivity contribution in [1.82, 2.24) is 9.97 Å². The maximum Gasteiger partial charge on any atom is 0.360 e. The van der Waals surface area contributed by atoms with E-state index in [1.54, 1.807) is 25.6 Å². The third-order valence-corrected chi connectivity index (χ3v) is 4.89. The van der Waals surface area contributed by atoms with Gasteiger partial charge in [0.05, 0.1) is 19.0 Å². The van der Waals surface area contributed by atoms with Gasteiger partial charge in [-0.05, 0) is 32.0 Å². The van der Waals surface area contributed by atoms with Crippen LogP contribution in [0, 0.1) is 0 Å². The summed E-state index contributed by atoms with van der Waals surface area (Å²) in [7, 11) is 1.58. The molecule has 0 bridgehead atoms. The summed E-state index contributed by atoms with van der Waals surface area (Å²) < 4.78 is 17.0. The van der Waals surface area contributed by atoms with Gasteiger partial charge in [-0.3, -0.25) is 4.98 Å². The van der Waals surface area contributed by atoms with Crippen LogP contribution in [0.25, 0.3) is 33.1 Å². The number of rotatable bonds is 1. The summed E-state index contributed by atoms with van der Waals surface area (Å²) in [6.07, 6.45) is 3.40. The van der Waals surface area contributed by atoms with Crippen LogP contribution in [0.1, 0.15) is 19.4 Å². The molecule has 0 radical (unpaired) electrons. The molecule has 6 nitrogen and oxygen atoms in total. The Balaban J connectivity index is 1.99. The van der Waals surface area contributed by atoms with Crippen LogP contribution in [0.15, 0.2) is 45.9 Å². The number of nitrogens with one attached hydrogen (secondary N) is 1. The molecular weight excluding hydrogens is 332 g/mol. The zero-order chi connectivity index (χ0) is 18.1.